The number of nitrogens with zero attached hydrogens (tertiary/aromatic N) is 3. The molecule has 2 heterocycles. The molecule has 1 aromatic carbocycles. The first-order valence-electron chi connectivity index (χ1n) is 8.24. The number of aromatic nitrogens is 2. The standard InChI is InChI=1S/C17H21N3O3S2/c1-12(13-6-4-3-5-7-13)16(21)20-10-8-14(9-11-20)15-17(24-19-18-15)25(2,22)23/h3-7,12,14H,8-11H2,1-2H3. The summed E-state index contributed by atoms with van der Waals surface area (Å²) in [5, 5.41) is 4.04. The van der Waals surface area contributed by atoms with Crippen molar-refractivity contribution in [2.45, 2.75) is 35.8 Å². The highest BCUT2D eigenvalue weighted by atomic mass is 32.2. The molecule has 1 aliphatic heterocycles. The first-order valence-corrected chi connectivity index (χ1v) is 10.9. The maximum atomic E-state index is 12.7. The molecule has 0 bridgehead atoms. The molecule has 1 saturated heterocycles. The largest absolute Gasteiger partial charge is 0.342 e. The van der Waals surface area contributed by atoms with Gasteiger partial charge in [0.05, 0.1) is 11.6 Å². The molecule has 0 spiro atoms. The van der Waals surface area contributed by atoms with Gasteiger partial charge in [-0.15, -0.1) is 5.10 Å². The van der Waals surface area contributed by atoms with Gasteiger partial charge in [0, 0.05) is 36.8 Å². The molecule has 1 atom stereocenters. The highest BCUT2D eigenvalue weighted by molar-refractivity contribution is 7.92. The predicted octanol–water partition coefficient (Wildman–Crippen LogP) is 2.45. The summed E-state index contributed by atoms with van der Waals surface area (Å²) < 4.78 is 27.8. The molecule has 1 fully saturated rings. The van der Waals surface area contributed by atoms with Crippen LogP contribution in [0.3, 0.4) is 0 Å². The van der Waals surface area contributed by atoms with E-state index in [-0.39, 0.29) is 22.0 Å². The zero-order valence-corrected chi connectivity index (χ0v) is 15.9. The summed E-state index contributed by atoms with van der Waals surface area (Å²) in [6.07, 6.45) is 2.61. The van der Waals surface area contributed by atoms with E-state index in [2.05, 4.69) is 9.59 Å². The molecule has 25 heavy (non-hydrogen) atoms. The summed E-state index contributed by atoms with van der Waals surface area (Å²) in [5.74, 6) is -0.0192. The Kier molecular flexibility index (Phi) is 5.19. The van der Waals surface area contributed by atoms with Crippen LogP contribution in [0.1, 0.15) is 42.9 Å². The van der Waals surface area contributed by atoms with E-state index in [1.807, 2.05) is 42.2 Å². The topological polar surface area (TPSA) is 80.2 Å². The maximum Gasteiger partial charge on any atom is 0.229 e. The fraction of sp³-hybridized carbons (Fsp3) is 0.471. The minimum absolute atomic E-state index is 0.0413. The maximum absolute atomic E-state index is 12.7. The van der Waals surface area contributed by atoms with E-state index >= 15 is 0 Å². The Morgan fingerprint density at radius 3 is 2.48 bits per heavy atom. The lowest BCUT2D eigenvalue weighted by Crippen LogP contribution is -2.40. The molecule has 8 heteroatoms. The quantitative estimate of drug-likeness (QED) is 0.815. The van der Waals surface area contributed by atoms with Crippen molar-refractivity contribution < 1.29 is 13.2 Å². The average Bonchev–Trinajstić information content (AvgIpc) is 3.11. The molecule has 1 aliphatic rings. The van der Waals surface area contributed by atoms with Gasteiger partial charge >= 0.3 is 0 Å². The number of carbonyl (C=O) groups excluding carboxylic acids is 1. The minimum atomic E-state index is -3.31. The van der Waals surface area contributed by atoms with E-state index < -0.39 is 9.84 Å². The van der Waals surface area contributed by atoms with Crippen LogP contribution < -0.4 is 0 Å². The Bertz CT molecular complexity index is 841. The highest BCUT2D eigenvalue weighted by Gasteiger charge is 2.31. The van der Waals surface area contributed by atoms with E-state index in [1.54, 1.807) is 0 Å². The number of benzene rings is 1. The van der Waals surface area contributed by atoms with Crippen LogP contribution in [-0.4, -0.2) is 48.2 Å². The summed E-state index contributed by atoms with van der Waals surface area (Å²) in [5.41, 5.74) is 1.58. The summed E-state index contributed by atoms with van der Waals surface area (Å²) in [7, 11) is -3.31. The number of amides is 1. The first kappa shape index (κ1) is 18.0. The second-order valence-corrected chi connectivity index (χ2v) is 9.41. The number of carbonyl (C=O) groups is 1. The Labute approximate surface area is 152 Å². The number of piperidine rings is 1. The van der Waals surface area contributed by atoms with E-state index in [1.165, 1.54) is 6.26 Å². The second kappa shape index (κ2) is 7.21. The van der Waals surface area contributed by atoms with Crippen molar-refractivity contribution in [2.24, 2.45) is 0 Å². The van der Waals surface area contributed by atoms with Gasteiger partial charge in [0.2, 0.25) is 5.91 Å². The molecule has 2 aromatic rings. The van der Waals surface area contributed by atoms with Crippen molar-refractivity contribution >= 4 is 27.3 Å². The first-order chi connectivity index (χ1) is 11.9. The summed E-state index contributed by atoms with van der Waals surface area (Å²) in [6, 6.07) is 9.75. The van der Waals surface area contributed by atoms with Crippen LogP contribution in [0.4, 0.5) is 0 Å². The monoisotopic (exact) mass is 379 g/mol. The lowest BCUT2D eigenvalue weighted by Gasteiger charge is -2.33. The van der Waals surface area contributed by atoms with Crippen molar-refractivity contribution in [3.8, 4) is 0 Å². The molecular weight excluding hydrogens is 358 g/mol. The third kappa shape index (κ3) is 3.90. The number of sulfone groups is 1. The van der Waals surface area contributed by atoms with Crippen LogP contribution in [0.25, 0.3) is 0 Å². The van der Waals surface area contributed by atoms with Crippen LogP contribution in [0, 0.1) is 0 Å². The molecule has 1 aromatic heterocycles. The number of rotatable bonds is 4. The van der Waals surface area contributed by atoms with Gasteiger partial charge in [-0.25, -0.2) is 8.42 Å². The number of hydrogen-bond donors (Lipinski definition) is 0. The van der Waals surface area contributed by atoms with E-state index in [4.69, 9.17) is 0 Å². The van der Waals surface area contributed by atoms with Gasteiger partial charge in [-0.2, -0.15) is 0 Å². The fourth-order valence-corrected chi connectivity index (χ4v) is 4.96. The molecule has 0 radical (unpaired) electrons. The molecule has 3 rings (SSSR count). The molecule has 0 saturated carbocycles. The summed E-state index contributed by atoms with van der Waals surface area (Å²) in [4.78, 5) is 14.6. The zero-order valence-electron chi connectivity index (χ0n) is 14.3. The summed E-state index contributed by atoms with van der Waals surface area (Å²) >= 11 is 0.930. The van der Waals surface area contributed by atoms with Crippen LogP contribution in [0.15, 0.2) is 34.5 Å². The van der Waals surface area contributed by atoms with Gasteiger partial charge in [-0.3, -0.25) is 4.79 Å². The predicted molar refractivity (Wildman–Crippen MR) is 96.4 cm³/mol. The molecule has 1 unspecified atom stereocenters. The number of hydrogen-bond acceptors (Lipinski definition) is 6. The molecule has 134 valence electrons. The molecule has 1 amide bonds. The highest BCUT2D eigenvalue weighted by Crippen LogP contribution is 2.33. The van der Waals surface area contributed by atoms with Gasteiger partial charge in [-0.1, -0.05) is 34.8 Å². The smallest absolute Gasteiger partial charge is 0.229 e. The SMILES string of the molecule is CC(C(=O)N1CCC(c2nnsc2S(C)(=O)=O)CC1)c1ccccc1. The van der Waals surface area contributed by atoms with Crippen LogP contribution in [0.2, 0.25) is 0 Å². The Balaban J connectivity index is 1.66. The van der Waals surface area contributed by atoms with E-state index in [0.29, 0.717) is 31.6 Å². The van der Waals surface area contributed by atoms with Crippen molar-refractivity contribution in [1.29, 1.82) is 0 Å². The van der Waals surface area contributed by atoms with E-state index in [0.717, 1.165) is 17.1 Å². The molecule has 0 N–H and O–H groups in total. The van der Waals surface area contributed by atoms with Crippen LogP contribution >= 0.6 is 11.5 Å². The van der Waals surface area contributed by atoms with Crippen LogP contribution in [-0.2, 0) is 14.6 Å². The normalized spacial score (nSPS) is 17.4. The van der Waals surface area contributed by atoms with Gasteiger partial charge in [-0.05, 0) is 25.3 Å². The molecule has 0 aliphatic carbocycles. The zero-order chi connectivity index (χ0) is 18.0. The fourth-order valence-electron chi connectivity index (χ4n) is 3.23. The average molecular weight is 380 g/mol. The van der Waals surface area contributed by atoms with E-state index in [9.17, 15) is 13.2 Å². The van der Waals surface area contributed by atoms with Gasteiger partial charge in [0.1, 0.15) is 0 Å². The lowest BCUT2D eigenvalue weighted by molar-refractivity contribution is -0.133. The molecular formula is C17H21N3O3S2. The summed E-state index contributed by atoms with van der Waals surface area (Å²) in [6.45, 7) is 3.15. The van der Waals surface area contributed by atoms with Crippen molar-refractivity contribution in [3.63, 3.8) is 0 Å². The third-order valence-corrected chi connectivity index (χ3v) is 7.23. The molecule has 6 nitrogen and oxygen atoms in total. The minimum Gasteiger partial charge on any atom is -0.342 e. The lowest BCUT2D eigenvalue weighted by atomic mass is 9.92. The van der Waals surface area contributed by atoms with Crippen LogP contribution in [0.5, 0.6) is 0 Å². The third-order valence-electron chi connectivity index (χ3n) is 4.68. The second-order valence-electron chi connectivity index (χ2n) is 6.45. The van der Waals surface area contributed by atoms with Gasteiger partial charge < -0.3 is 4.90 Å². The van der Waals surface area contributed by atoms with Crippen molar-refractivity contribution in [3.05, 3.63) is 41.6 Å². The Morgan fingerprint density at radius 1 is 1.24 bits per heavy atom. The van der Waals surface area contributed by atoms with Crippen molar-refractivity contribution in [2.75, 3.05) is 19.3 Å². The van der Waals surface area contributed by atoms with Gasteiger partial charge in [0.25, 0.3) is 0 Å². The van der Waals surface area contributed by atoms with Gasteiger partial charge in [0.15, 0.2) is 14.0 Å². The Hall–Kier alpha value is -1.80. The van der Waals surface area contributed by atoms with Crippen molar-refractivity contribution in [1.82, 2.24) is 14.5 Å². The Morgan fingerprint density at radius 2 is 1.88 bits per heavy atom. The number of likely N-dealkylation sites (tertiary alicyclic amines) is 1.